The number of hydrogen-bond donors (Lipinski definition) is 1. The quantitative estimate of drug-likeness (QED) is 0.486. The number of halogens is 2. The van der Waals surface area contributed by atoms with Gasteiger partial charge in [-0.15, -0.1) is 10.2 Å². The van der Waals surface area contributed by atoms with Gasteiger partial charge >= 0.3 is 0 Å². The third-order valence-electron chi connectivity index (χ3n) is 3.50. The second-order valence-electron chi connectivity index (χ2n) is 5.12. The molecule has 0 aliphatic heterocycles. The predicted octanol–water partition coefficient (Wildman–Crippen LogP) is 4.66. The summed E-state index contributed by atoms with van der Waals surface area (Å²) in [7, 11) is 0. The molecule has 0 fully saturated rings. The summed E-state index contributed by atoms with van der Waals surface area (Å²) < 4.78 is 6.90. The van der Waals surface area contributed by atoms with Crippen molar-refractivity contribution in [1.82, 2.24) is 14.9 Å². The summed E-state index contributed by atoms with van der Waals surface area (Å²) in [6, 6.07) is 13.0. The summed E-state index contributed by atoms with van der Waals surface area (Å²) in [6.07, 6.45) is 0. The monoisotopic (exact) mass is 394 g/mol. The van der Waals surface area contributed by atoms with Gasteiger partial charge in [-0.25, -0.2) is 4.68 Å². The van der Waals surface area contributed by atoms with Crippen LogP contribution >= 0.6 is 35.0 Å². The number of hydrogen-bond acceptors (Lipinski definition) is 5. The number of benzene rings is 2. The molecular formula is C17H16Cl2N4OS. The van der Waals surface area contributed by atoms with Crippen LogP contribution in [0, 0.1) is 0 Å². The number of nitrogens with zero attached hydrogens (tertiary/aromatic N) is 3. The maximum absolute atomic E-state index is 6.19. The minimum absolute atomic E-state index is 0.553. The number of ether oxygens (including phenoxy) is 1. The van der Waals surface area contributed by atoms with Crippen LogP contribution in [0.2, 0.25) is 10.0 Å². The molecule has 2 N–H and O–H groups in total. The molecule has 3 rings (SSSR count). The summed E-state index contributed by atoms with van der Waals surface area (Å²) in [6.45, 7) is 2.57. The van der Waals surface area contributed by atoms with Gasteiger partial charge in [-0.05, 0) is 48.9 Å². The van der Waals surface area contributed by atoms with E-state index in [4.69, 9.17) is 33.8 Å². The average molecular weight is 395 g/mol. The van der Waals surface area contributed by atoms with Gasteiger partial charge in [-0.2, -0.15) is 0 Å². The highest BCUT2D eigenvalue weighted by Gasteiger charge is 2.14. The number of nitrogens with two attached hydrogens (primary N) is 1. The number of thioether (sulfide) groups is 1. The lowest BCUT2D eigenvalue weighted by Gasteiger charge is -2.07. The van der Waals surface area contributed by atoms with E-state index in [1.54, 1.807) is 0 Å². The molecule has 0 saturated carbocycles. The van der Waals surface area contributed by atoms with Crippen molar-refractivity contribution in [1.29, 1.82) is 0 Å². The van der Waals surface area contributed by atoms with Crippen LogP contribution in [0.1, 0.15) is 12.5 Å². The zero-order valence-corrected chi connectivity index (χ0v) is 15.8. The van der Waals surface area contributed by atoms with Crippen molar-refractivity contribution in [2.45, 2.75) is 17.8 Å². The molecule has 130 valence electrons. The first-order chi connectivity index (χ1) is 12.1. The fraction of sp³-hybridized carbons (Fsp3) is 0.176. The molecule has 25 heavy (non-hydrogen) atoms. The minimum Gasteiger partial charge on any atom is -0.494 e. The molecular weight excluding hydrogens is 379 g/mol. The zero-order chi connectivity index (χ0) is 17.8. The van der Waals surface area contributed by atoms with Crippen LogP contribution in [0.5, 0.6) is 5.75 Å². The molecule has 0 radical (unpaired) electrons. The Hall–Kier alpha value is -1.89. The van der Waals surface area contributed by atoms with Gasteiger partial charge < -0.3 is 10.6 Å². The second-order valence-corrected chi connectivity index (χ2v) is 6.88. The topological polar surface area (TPSA) is 66.0 Å². The Kier molecular flexibility index (Phi) is 5.73. The Balaban J connectivity index is 1.77. The molecule has 1 aromatic heterocycles. The maximum Gasteiger partial charge on any atom is 0.210 e. The van der Waals surface area contributed by atoms with Crippen LogP contribution in [0.25, 0.3) is 11.4 Å². The van der Waals surface area contributed by atoms with Gasteiger partial charge in [0.2, 0.25) is 5.16 Å². The van der Waals surface area contributed by atoms with Gasteiger partial charge in [0.25, 0.3) is 0 Å². The SMILES string of the molecule is CCOc1ccc(-c2nnc(SCc3c(Cl)cccc3Cl)n2N)cc1. The molecule has 0 bridgehead atoms. The van der Waals surface area contributed by atoms with E-state index in [0.717, 1.165) is 16.9 Å². The molecule has 8 heteroatoms. The van der Waals surface area contributed by atoms with Crippen molar-refractivity contribution in [2.75, 3.05) is 12.4 Å². The van der Waals surface area contributed by atoms with E-state index >= 15 is 0 Å². The summed E-state index contributed by atoms with van der Waals surface area (Å²) in [5.74, 6) is 8.08. The van der Waals surface area contributed by atoms with E-state index < -0.39 is 0 Å². The zero-order valence-electron chi connectivity index (χ0n) is 13.4. The lowest BCUT2D eigenvalue weighted by Crippen LogP contribution is -2.11. The molecule has 0 amide bonds. The van der Waals surface area contributed by atoms with Crippen LogP contribution in [0.3, 0.4) is 0 Å². The summed E-state index contributed by atoms with van der Waals surface area (Å²) in [5.41, 5.74) is 1.71. The maximum atomic E-state index is 6.19. The van der Waals surface area contributed by atoms with Crippen LogP contribution in [0.15, 0.2) is 47.6 Å². The highest BCUT2D eigenvalue weighted by Crippen LogP contribution is 2.31. The van der Waals surface area contributed by atoms with Gasteiger partial charge in [0, 0.05) is 21.4 Å². The average Bonchev–Trinajstić information content (AvgIpc) is 2.96. The first-order valence-electron chi connectivity index (χ1n) is 7.59. The van der Waals surface area contributed by atoms with Crippen molar-refractivity contribution >= 4 is 35.0 Å². The van der Waals surface area contributed by atoms with Crippen LogP contribution < -0.4 is 10.6 Å². The molecule has 0 unspecified atom stereocenters. The van der Waals surface area contributed by atoms with Gasteiger partial charge in [-0.3, -0.25) is 0 Å². The molecule has 0 aliphatic rings. The highest BCUT2D eigenvalue weighted by molar-refractivity contribution is 7.98. The minimum atomic E-state index is 0.553. The summed E-state index contributed by atoms with van der Waals surface area (Å²) in [4.78, 5) is 0. The van der Waals surface area contributed by atoms with Crippen LogP contribution in [0.4, 0.5) is 0 Å². The van der Waals surface area contributed by atoms with Gasteiger partial charge in [0.1, 0.15) is 5.75 Å². The largest absolute Gasteiger partial charge is 0.494 e. The number of aromatic nitrogens is 3. The van der Waals surface area contributed by atoms with Gasteiger partial charge in [0.05, 0.1) is 6.61 Å². The van der Waals surface area contributed by atoms with Crippen LogP contribution in [-0.2, 0) is 5.75 Å². The third-order valence-corrected chi connectivity index (χ3v) is 5.17. The number of rotatable bonds is 6. The molecule has 0 aliphatic carbocycles. The Labute approximate surface area is 160 Å². The lowest BCUT2D eigenvalue weighted by atomic mass is 10.2. The molecule has 0 saturated heterocycles. The van der Waals surface area contributed by atoms with E-state index in [1.165, 1.54) is 16.4 Å². The van der Waals surface area contributed by atoms with E-state index in [0.29, 0.717) is 33.4 Å². The van der Waals surface area contributed by atoms with Crippen molar-refractivity contribution in [3.05, 3.63) is 58.1 Å². The van der Waals surface area contributed by atoms with Crippen molar-refractivity contribution in [3.8, 4) is 17.1 Å². The highest BCUT2D eigenvalue weighted by atomic mass is 35.5. The van der Waals surface area contributed by atoms with E-state index in [1.807, 2.05) is 49.4 Å². The third kappa shape index (κ3) is 4.03. The van der Waals surface area contributed by atoms with E-state index in [9.17, 15) is 0 Å². The Morgan fingerprint density at radius 2 is 1.76 bits per heavy atom. The number of nitrogen functional groups attached to an aromatic ring is 1. The van der Waals surface area contributed by atoms with Crippen LogP contribution in [-0.4, -0.2) is 21.5 Å². The van der Waals surface area contributed by atoms with E-state index in [2.05, 4.69) is 10.2 Å². The van der Waals surface area contributed by atoms with Crippen molar-refractivity contribution < 1.29 is 4.74 Å². The Morgan fingerprint density at radius 3 is 2.40 bits per heavy atom. The van der Waals surface area contributed by atoms with E-state index in [-0.39, 0.29) is 0 Å². The fourth-order valence-electron chi connectivity index (χ4n) is 2.25. The molecule has 0 atom stereocenters. The lowest BCUT2D eigenvalue weighted by molar-refractivity contribution is 0.340. The van der Waals surface area contributed by atoms with Crippen molar-refractivity contribution in [2.24, 2.45) is 0 Å². The first kappa shape index (κ1) is 17.9. The second kappa shape index (κ2) is 7.99. The van der Waals surface area contributed by atoms with Gasteiger partial charge in [0.15, 0.2) is 5.82 Å². The Bertz CT molecular complexity index is 847. The summed E-state index contributed by atoms with van der Waals surface area (Å²) >= 11 is 13.8. The van der Waals surface area contributed by atoms with Gasteiger partial charge in [-0.1, -0.05) is 41.0 Å². The molecule has 5 nitrogen and oxygen atoms in total. The Morgan fingerprint density at radius 1 is 1.08 bits per heavy atom. The molecule has 0 spiro atoms. The molecule has 3 aromatic rings. The predicted molar refractivity (Wildman–Crippen MR) is 103 cm³/mol. The van der Waals surface area contributed by atoms with Crippen molar-refractivity contribution in [3.63, 3.8) is 0 Å². The molecule has 1 heterocycles. The smallest absolute Gasteiger partial charge is 0.210 e. The fourth-order valence-corrected chi connectivity index (χ4v) is 3.84. The normalized spacial score (nSPS) is 10.8. The molecule has 2 aromatic carbocycles. The summed E-state index contributed by atoms with van der Waals surface area (Å²) in [5, 5.41) is 10.2. The standard InChI is InChI=1S/C17H16Cl2N4OS/c1-2-24-12-8-6-11(7-9-12)16-21-22-17(23(16)20)25-10-13-14(18)4-3-5-15(13)19/h3-9H,2,10,20H2,1H3. The first-order valence-corrected chi connectivity index (χ1v) is 9.33.